The standard InChI is InChI=1S/C19H28N6O2S/c1-5-24(6-2)28(26,27)25-11-7-8-18(25)17-10-9-16(13-20-17)23-19-21-14(3)12-15(4)22-19/h9-10,12-13,18H,5-8,11H2,1-4H3,(H,21,22,23)/t18-/m0/s1. The maximum Gasteiger partial charge on any atom is 0.282 e. The van der Waals surface area contributed by atoms with Gasteiger partial charge in [-0.2, -0.15) is 17.0 Å². The van der Waals surface area contributed by atoms with Crippen molar-refractivity contribution in [2.24, 2.45) is 0 Å². The van der Waals surface area contributed by atoms with Gasteiger partial charge in [0.1, 0.15) is 0 Å². The van der Waals surface area contributed by atoms with E-state index in [1.807, 2.05) is 45.9 Å². The second kappa shape index (κ2) is 8.50. The fourth-order valence-corrected chi connectivity index (χ4v) is 5.44. The molecule has 1 fully saturated rings. The van der Waals surface area contributed by atoms with Gasteiger partial charge in [-0.15, -0.1) is 0 Å². The van der Waals surface area contributed by atoms with E-state index >= 15 is 0 Å². The van der Waals surface area contributed by atoms with E-state index < -0.39 is 10.2 Å². The topological polar surface area (TPSA) is 91.3 Å². The van der Waals surface area contributed by atoms with E-state index in [2.05, 4.69) is 20.3 Å². The summed E-state index contributed by atoms with van der Waals surface area (Å²) < 4.78 is 29.0. The number of rotatable bonds is 7. The molecule has 0 radical (unpaired) electrons. The van der Waals surface area contributed by atoms with Gasteiger partial charge in [-0.1, -0.05) is 13.8 Å². The van der Waals surface area contributed by atoms with Gasteiger partial charge in [0.2, 0.25) is 5.95 Å². The van der Waals surface area contributed by atoms with Crippen LogP contribution in [0.1, 0.15) is 49.8 Å². The molecule has 1 aliphatic heterocycles. The van der Waals surface area contributed by atoms with Crippen molar-refractivity contribution in [2.45, 2.75) is 46.6 Å². The molecule has 0 unspecified atom stereocenters. The number of hydrogen-bond acceptors (Lipinski definition) is 6. The lowest BCUT2D eigenvalue weighted by molar-refractivity contribution is 0.335. The molecular formula is C19H28N6O2S. The average Bonchev–Trinajstić information content (AvgIpc) is 3.13. The molecule has 0 saturated carbocycles. The Morgan fingerprint density at radius 2 is 1.86 bits per heavy atom. The van der Waals surface area contributed by atoms with Crippen molar-refractivity contribution in [3.63, 3.8) is 0 Å². The van der Waals surface area contributed by atoms with E-state index in [1.165, 1.54) is 4.31 Å². The van der Waals surface area contributed by atoms with E-state index in [0.29, 0.717) is 25.6 Å². The Kier molecular flexibility index (Phi) is 6.26. The molecule has 0 aromatic carbocycles. The Morgan fingerprint density at radius 3 is 2.43 bits per heavy atom. The van der Waals surface area contributed by atoms with Crippen LogP contribution in [0.15, 0.2) is 24.4 Å². The van der Waals surface area contributed by atoms with Crippen LogP contribution < -0.4 is 5.32 Å². The summed E-state index contributed by atoms with van der Waals surface area (Å²) in [6, 6.07) is 5.46. The second-order valence-electron chi connectivity index (χ2n) is 6.93. The highest BCUT2D eigenvalue weighted by Crippen LogP contribution is 2.34. The lowest BCUT2D eigenvalue weighted by atomic mass is 10.1. The predicted molar refractivity (Wildman–Crippen MR) is 110 cm³/mol. The van der Waals surface area contributed by atoms with Crippen LogP contribution in [0.3, 0.4) is 0 Å². The number of aryl methyl sites for hydroxylation is 2. The number of anilines is 2. The number of hydrogen-bond donors (Lipinski definition) is 1. The zero-order valence-corrected chi connectivity index (χ0v) is 17.7. The molecule has 3 heterocycles. The Hall–Kier alpha value is -2.10. The van der Waals surface area contributed by atoms with E-state index in [0.717, 1.165) is 35.6 Å². The SMILES string of the molecule is CCN(CC)S(=O)(=O)N1CCC[C@H]1c1ccc(Nc2nc(C)cc(C)n2)cn1. The molecule has 0 aliphatic carbocycles. The van der Waals surface area contributed by atoms with Crippen molar-refractivity contribution in [2.75, 3.05) is 25.0 Å². The minimum Gasteiger partial charge on any atom is -0.323 e. The third kappa shape index (κ3) is 4.31. The molecule has 0 bridgehead atoms. The first-order valence-electron chi connectivity index (χ1n) is 9.67. The predicted octanol–water partition coefficient (Wildman–Crippen LogP) is 2.96. The Morgan fingerprint density at radius 1 is 1.18 bits per heavy atom. The van der Waals surface area contributed by atoms with Crippen LogP contribution in [-0.4, -0.2) is 51.6 Å². The van der Waals surface area contributed by atoms with E-state index in [1.54, 1.807) is 10.5 Å². The van der Waals surface area contributed by atoms with Gasteiger partial charge in [-0.3, -0.25) is 4.98 Å². The smallest absolute Gasteiger partial charge is 0.282 e. The summed E-state index contributed by atoms with van der Waals surface area (Å²) in [4.78, 5) is 13.3. The van der Waals surface area contributed by atoms with Crippen molar-refractivity contribution < 1.29 is 8.42 Å². The molecule has 1 saturated heterocycles. The number of pyridine rings is 1. The highest BCUT2D eigenvalue weighted by Gasteiger charge is 2.38. The third-order valence-electron chi connectivity index (χ3n) is 4.90. The molecule has 152 valence electrons. The normalized spacial score (nSPS) is 18.0. The molecular weight excluding hydrogens is 376 g/mol. The molecule has 9 heteroatoms. The Labute approximate surface area is 167 Å². The summed E-state index contributed by atoms with van der Waals surface area (Å²) in [5.41, 5.74) is 3.32. The van der Waals surface area contributed by atoms with Crippen LogP contribution >= 0.6 is 0 Å². The van der Waals surface area contributed by atoms with E-state index in [9.17, 15) is 8.42 Å². The lowest BCUT2D eigenvalue weighted by Crippen LogP contribution is -2.43. The van der Waals surface area contributed by atoms with E-state index in [-0.39, 0.29) is 6.04 Å². The largest absolute Gasteiger partial charge is 0.323 e. The van der Waals surface area contributed by atoms with Gasteiger partial charge < -0.3 is 5.32 Å². The molecule has 1 atom stereocenters. The zero-order chi connectivity index (χ0) is 20.3. The molecule has 0 spiro atoms. The van der Waals surface area contributed by atoms with Gasteiger partial charge in [0, 0.05) is 31.0 Å². The average molecular weight is 405 g/mol. The van der Waals surface area contributed by atoms with Crippen molar-refractivity contribution in [3.05, 3.63) is 41.5 Å². The van der Waals surface area contributed by atoms with Crippen molar-refractivity contribution in [1.82, 2.24) is 23.6 Å². The van der Waals surface area contributed by atoms with Crippen LogP contribution in [0.4, 0.5) is 11.6 Å². The van der Waals surface area contributed by atoms with Crippen molar-refractivity contribution in [1.29, 1.82) is 0 Å². The van der Waals surface area contributed by atoms with Crippen LogP contribution in [0.2, 0.25) is 0 Å². The second-order valence-corrected chi connectivity index (χ2v) is 8.81. The third-order valence-corrected chi connectivity index (χ3v) is 7.10. The fraction of sp³-hybridized carbons (Fsp3) is 0.526. The van der Waals surface area contributed by atoms with Gasteiger partial charge in [-0.25, -0.2) is 9.97 Å². The monoisotopic (exact) mass is 404 g/mol. The summed E-state index contributed by atoms with van der Waals surface area (Å²) in [7, 11) is -3.48. The Balaban J connectivity index is 1.78. The highest BCUT2D eigenvalue weighted by molar-refractivity contribution is 7.86. The van der Waals surface area contributed by atoms with E-state index in [4.69, 9.17) is 0 Å². The molecule has 1 aliphatic rings. The van der Waals surface area contributed by atoms with Crippen LogP contribution in [0.25, 0.3) is 0 Å². The summed E-state index contributed by atoms with van der Waals surface area (Å²) in [6.45, 7) is 9.03. The molecule has 8 nitrogen and oxygen atoms in total. The van der Waals surface area contributed by atoms with Crippen molar-refractivity contribution in [3.8, 4) is 0 Å². The molecule has 0 amide bonds. The Bertz CT molecular complexity index is 892. The summed E-state index contributed by atoms with van der Waals surface area (Å²) >= 11 is 0. The minimum absolute atomic E-state index is 0.225. The maximum atomic E-state index is 12.9. The van der Waals surface area contributed by atoms with Gasteiger partial charge in [0.15, 0.2) is 0 Å². The number of aromatic nitrogens is 3. The minimum atomic E-state index is -3.48. The van der Waals surface area contributed by atoms with Gasteiger partial charge in [0.25, 0.3) is 10.2 Å². The molecule has 3 rings (SSSR count). The first-order chi connectivity index (χ1) is 13.3. The fourth-order valence-electron chi connectivity index (χ4n) is 3.60. The molecule has 28 heavy (non-hydrogen) atoms. The summed E-state index contributed by atoms with van der Waals surface area (Å²) in [5.74, 6) is 0.527. The van der Waals surface area contributed by atoms with Crippen LogP contribution in [0, 0.1) is 13.8 Å². The highest BCUT2D eigenvalue weighted by atomic mass is 32.2. The molecule has 2 aromatic rings. The van der Waals surface area contributed by atoms with Crippen LogP contribution in [0.5, 0.6) is 0 Å². The summed E-state index contributed by atoms with van der Waals surface area (Å²) in [5, 5.41) is 3.16. The quantitative estimate of drug-likeness (QED) is 0.763. The summed E-state index contributed by atoms with van der Waals surface area (Å²) in [6.07, 6.45) is 3.32. The number of nitrogens with zero attached hydrogens (tertiary/aromatic N) is 5. The van der Waals surface area contributed by atoms with Crippen molar-refractivity contribution >= 4 is 21.8 Å². The van der Waals surface area contributed by atoms with Gasteiger partial charge in [-0.05, 0) is 44.9 Å². The number of nitrogens with one attached hydrogen (secondary N) is 1. The van der Waals surface area contributed by atoms with Crippen LogP contribution in [-0.2, 0) is 10.2 Å². The van der Waals surface area contributed by atoms with Gasteiger partial charge >= 0.3 is 0 Å². The molecule has 1 N–H and O–H groups in total. The maximum absolute atomic E-state index is 12.9. The zero-order valence-electron chi connectivity index (χ0n) is 16.9. The van der Waals surface area contributed by atoms with Gasteiger partial charge in [0.05, 0.1) is 23.6 Å². The lowest BCUT2D eigenvalue weighted by Gasteiger charge is -2.29. The molecule has 2 aromatic heterocycles. The first kappa shape index (κ1) is 20.6. The first-order valence-corrected chi connectivity index (χ1v) is 11.1.